The van der Waals surface area contributed by atoms with E-state index >= 15 is 0 Å². The van der Waals surface area contributed by atoms with Crippen molar-refractivity contribution in [2.75, 3.05) is 0 Å². The van der Waals surface area contributed by atoms with Gasteiger partial charge in [-0.05, 0) is 0 Å². The first-order valence-electron chi connectivity index (χ1n) is 6.50. The summed E-state index contributed by atoms with van der Waals surface area (Å²) in [6.45, 7) is 0. The van der Waals surface area contributed by atoms with E-state index < -0.39 is 11.0 Å². The monoisotopic (exact) mass is 390 g/mol. The molecule has 0 aromatic heterocycles. The molecule has 0 radical (unpaired) electrons. The van der Waals surface area contributed by atoms with Gasteiger partial charge >= 0.3 is 130 Å². The molecule has 0 unspecified atom stereocenters. The fourth-order valence-corrected chi connectivity index (χ4v) is 10.7. The third kappa shape index (κ3) is 2.47. The summed E-state index contributed by atoms with van der Waals surface area (Å²) in [4.78, 5) is 0. The maximum absolute atomic E-state index is 4.17. The van der Waals surface area contributed by atoms with Crippen molar-refractivity contribution in [1.29, 1.82) is 0 Å². The van der Waals surface area contributed by atoms with Crippen LogP contribution in [0.15, 0.2) is 91.0 Å². The van der Waals surface area contributed by atoms with Gasteiger partial charge in [0, 0.05) is 0 Å². The van der Waals surface area contributed by atoms with Gasteiger partial charge in [-0.15, -0.1) is 0 Å². The van der Waals surface area contributed by atoms with Crippen molar-refractivity contribution in [3.8, 4) is 0 Å². The predicted molar refractivity (Wildman–Crippen MR) is 92.9 cm³/mol. The average Bonchev–Trinajstić information content (AvgIpc) is 2.56. The van der Waals surface area contributed by atoms with Crippen molar-refractivity contribution >= 4 is 38.5 Å². The topological polar surface area (TPSA) is 0 Å². The summed E-state index contributed by atoms with van der Waals surface area (Å²) in [5.74, 6) is 0. The van der Waals surface area contributed by atoms with Gasteiger partial charge < -0.3 is 0 Å². The van der Waals surface area contributed by atoms with E-state index in [1.807, 2.05) is 0 Å². The zero-order chi connectivity index (χ0) is 13.8. The zero-order valence-electron chi connectivity index (χ0n) is 10.9. The number of benzene rings is 3. The van der Waals surface area contributed by atoms with Gasteiger partial charge in [0.2, 0.25) is 0 Å². The van der Waals surface area contributed by atoms with Crippen LogP contribution in [-0.2, 0) is 0 Å². The number of hydrogen-bond acceptors (Lipinski definition) is 0. The molecule has 0 saturated carbocycles. The summed E-state index contributed by atoms with van der Waals surface area (Å²) in [5, 5.41) is 0. The van der Waals surface area contributed by atoms with Crippen LogP contribution >= 0.6 is 14.1 Å². The van der Waals surface area contributed by atoms with E-state index in [1.165, 1.54) is 13.4 Å². The van der Waals surface area contributed by atoms with Crippen molar-refractivity contribution < 1.29 is 0 Å². The van der Waals surface area contributed by atoms with Crippen LogP contribution in [0.25, 0.3) is 0 Å². The first-order valence-corrected chi connectivity index (χ1v) is 13.1. The summed E-state index contributed by atoms with van der Waals surface area (Å²) in [7, 11) is 0. The minimum absolute atomic E-state index is 1.39. The molecule has 3 rings (SSSR count). The summed E-state index contributed by atoms with van der Waals surface area (Å²) in [5.41, 5.74) is 0. The first-order chi connectivity index (χ1) is 9.82. The number of hydrogen-bond donors (Lipinski definition) is 0. The van der Waals surface area contributed by atoms with Gasteiger partial charge in [0.1, 0.15) is 0 Å². The Morgan fingerprint density at radius 1 is 0.450 bits per heavy atom. The third-order valence-electron chi connectivity index (χ3n) is 3.20. The molecule has 3 aromatic carbocycles. The Kier molecular flexibility index (Phi) is 4.07. The van der Waals surface area contributed by atoms with E-state index in [-0.39, 0.29) is 0 Å². The van der Waals surface area contributed by atoms with E-state index in [2.05, 4.69) is 105 Å². The Bertz CT molecular complexity index is 569. The molecule has 0 heterocycles. The molecule has 0 aliphatic carbocycles. The first kappa shape index (κ1) is 13.6. The van der Waals surface area contributed by atoms with Crippen LogP contribution < -0.4 is 13.4 Å². The van der Waals surface area contributed by atoms with Gasteiger partial charge in [-0.2, -0.15) is 0 Å². The van der Waals surface area contributed by atoms with E-state index in [4.69, 9.17) is 0 Å². The molecule has 0 atom stereocenters. The van der Waals surface area contributed by atoms with Gasteiger partial charge in [-0.25, -0.2) is 0 Å². The Morgan fingerprint density at radius 3 is 0.950 bits per heavy atom. The van der Waals surface area contributed by atoms with Gasteiger partial charge in [-0.3, -0.25) is 0 Å². The molecule has 0 bridgehead atoms. The Balaban J connectivity index is 2.24. The van der Waals surface area contributed by atoms with Crippen LogP contribution in [0.5, 0.6) is 0 Å². The molecule has 0 amide bonds. The molecule has 0 aliphatic rings. The van der Waals surface area contributed by atoms with Crippen LogP contribution in [0, 0.1) is 0 Å². The van der Waals surface area contributed by atoms with Crippen molar-refractivity contribution in [1.82, 2.24) is 0 Å². The second-order valence-corrected chi connectivity index (χ2v) is 14.7. The molecule has 100 valence electrons. The molecule has 0 nitrogen and oxygen atoms in total. The molecular weight excluding hydrogens is 375 g/mol. The normalized spacial score (nSPS) is 12.1. The minimum atomic E-state index is -2.28. The number of rotatable bonds is 3. The van der Waals surface area contributed by atoms with Crippen LogP contribution in [0.3, 0.4) is 0 Å². The average molecular weight is 390 g/mol. The third-order valence-corrected chi connectivity index (χ3v) is 14.8. The fourth-order valence-electron chi connectivity index (χ4n) is 2.23. The van der Waals surface area contributed by atoms with Gasteiger partial charge in [0.25, 0.3) is 0 Å². The van der Waals surface area contributed by atoms with Crippen molar-refractivity contribution in [3.05, 3.63) is 91.0 Å². The summed E-state index contributed by atoms with van der Waals surface area (Å²) >= 11 is 1.88. The summed E-state index contributed by atoms with van der Waals surface area (Å²) in [6, 6.07) is 32.3. The van der Waals surface area contributed by atoms with Crippen molar-refractivity contribution in [2.24, 2.45) is 0 Å². The second kappa shape index (κ2) is 5.97. The van der Waals surface area contributed by atoms with Crippen LogP contribution in [0.4, 0.5) is 0 Å². The SMILES string of the molecule is Br[Se](c1ccccc1)(c1ccccc1)c1ccccc1. The molecule has 0 spiro atoms. The van der Waals surface area contributed by atoms with Crippen molar-refractivity contribution in [3.63, 3.8) is 0 Å². The quantitative estimate of drug-likeness (QED) is 0.604. The molecule has 0 N–H and O–H groups in total. The molecule has 0 saturated heterocycles. The van der Waals surface area contributed by atoms with E-state index in [0.29, 0.717) is 0 Å². The fraction of sp³-hybridized carbons (Fsp3) is 0. The van der Waals surface area contributed by atoms with E-state index in [0.717, 1.165) is 0 Å². The van der Waals surface area contributed by atoms with Crippen LogP contribution in [0.2, 0.25) is 0 Å². The van der Waals surface area contributed by atoms with Gasteiger partial charge in [0.05, 0.1) is 0 Å². The Labute approximate surface area is 129 Å². The second-order valence-electron chi connectivity index (χ2n) is 4.48. The molecule has 3 aromatic rings. The molecular formula is C18H15BrSe. The number of halogens is 1. The van der Waals surface area contributed by atoms with Crippen LogP contribution in [-0.4, -0.2) is 11.0 Å². The summed E-state index contributed by atoms with van der Waals surface area (Å²) < 4.78 is 4.17. The zero-order valence-corrected chi connectivity index (χ0v) is 14.2. The van der Waals surface area contributed by atoms with Gasteiger partial charge in [0.15, 0.2) is 0 Å². The maximum atomic E-state index is 4.17. The van der Waals surface area contributed by atoms with E-state index in [1.54, 1.807) is 0 Å². The van der Waals surface area contributed by atoms with E-state index in [9.17, 15) is 0 Å². The van der Waals surface area contributed by atoms with Crippen LogP contribution in [0.1, 0.15) is 0 Å². The van der Waals surface area contributed by atoms with Gasteiger partial charge in [-0.1, -0.05) is 0 Å². The standard InChI is InChI=1S/C18H15BrSe/c19-20(16-10-4-1-5-11-16,17-12-6-2-7-13-17)18-14-8-3-9-15-18/h1-15H. The molecule has 20 heavy (non-hydrogen) atoms. The molecule has 2 heteroatoms. The summed E-state index contributed by atoms with van der Waals surface area (Å²) in [6.07, 6.45) is 0. The molecule has 0 aliphatic heterocycles. The molecule has 0 fully saturated rings. The van der Waals surface area contributed by atoms with Crippen molar-refractivity contribution in [2.45, 2.75) is 0 Å². The Hall–Kier alpha value is -1.34. The Morgan fingerprint density at radius 2 is 0.700 bits per heavy atom. The predicted octanol–water partition coefficient (Wildman–Crippen LogP) is 3.05.